The molecule has 0 spiro atoms. The number of nitrogens with zero attached hydrogens (tertiary/aromatic N) is 1. The number of rotatable bonds is 4. The van der Waals surface area contributed by atoms with Gasteiger partial charge in [-0.25, -0.2) is 4.98 Å². The van der Waals surface area contributed by atoms with Crippen molar-refractivity contribution in [2.45, 2.75) is 19.3 Å². The highest BCUT2D eigenvalue weighted by Crippen LogP contribution is 2.31. The van der Waals surface area contributed by atoms with E-state index in [4.69, 9.17) is 16.6 Å². The van der Waals surface area contributed by atoms with Crippen LogP contribution in [0.2, 0.25) is 0 Å². The van der Waals surface area contributed by atoms with Gasteiger partial charge in [-0.05, 0) is 6.07 Å². The third kappa shape index (κ3) is 3.77. The number of anilines is 1. The first-order valence-corrected chi connectivity index (χ1v) is 4.69. The highest BCUT2D eigenvalue weighted by molar-refractivity contribution is 5.70. The first-order valence-electron chi connectivity index (χ1n) is 4.69. The second-order valence-electron chi connectivity index (χ2n) is 3.31. The summed E-state index contributed by atoms with van der Waals surface area (Å²) in [6, 6.07) is 1.12. The molecule has 5 N–H and O–H groups in total. The fourth-order valence-corrected chi connectivity index (χ4v) is 1.30. The van der Waals surface area contributed by atoms with Crippen molar-refractivity contribution in [1.29, 1.82) is 0 Å². The lowest BCUT2D eigenvalue weighted by atomic mass is 10.1. The zero-order valence-electron chi connectivity index (χ0n) is 8.99. The molecule has 0 radical (unpaired) electrons. The average Bonchev–Trinajstić information content (AvgIpc) is 2.19. The number of halogens is 3. The summed E-state index contributed by atoms with van der Waals surface area (Å²) in [5.41, 5.74) is 10.5. The summed E-state index contributed by atoms with van der Waals surface area (Å²) >= 11 is 0. The maximum Gasteiger partial charge on any atom is 0.573 e. The zero-order valence-corrected chi connectivity index (χ0v) is 8.99. The maximum absolute atomic E-state index is 12.1. The van der Waals surface area contributed by atoms with Gasteiger partial charge in [0, 0.05) is 12.1 Å². The van der Waals surface area contributed by atoms with Gasteiger partial charge in [-0.2, -0.15) is 0 Å². The molecular formula is C9H10F3N3O3. The quantitative estimate of drug-likeness (QED) is 0.736. The Morgan fingerprint density at radius 3 is 2.56 bits per heavy atom. The summed E-state index contributed by atoms with van der Waals surface area (Å²) in [5.74, 6) is -2.43. The number of aliphatic carboxylic acids is 1. The second kappa shape index (κ2) is 5.08. The molecule has 9 heteroatoms. The van der Waals surface area contributed by atoms with Crippen molar-refractivity contribution in [2.75, 3.05) is 5.73 Å². The molecule has 18 heavy (non-hydrogen) atoms. The number of hydrogen-bond acceptors (Lipinski definition) is 5. The highest BCUT2D eigenvalue weighted by atomic mass is 19.4. The second-order valence-corrected chi connectivity index (χ2v) is 3.31. The Balaban J connectivity index is 3.15. The molecule has 0 fully saturated rings. The number of ether oxygens (including phenoxy) is 1. The van der Waals surface area contributed by atoms with Crippen LogP contribution in [-0.4, -0.2) is 22.4 Å². The van der Waals surface area contributed by atoms with E-state index in [0.717, 1.165) is 6.07 Å². The van der Waals surface area contributed by atoms with E-state index in [1.165, 1.54) is 0 Å². The molecule has 0 aliphatic carbocycles. The summed E-state index contributed by atoms with van der Waals surface area (Å²) in [6.07, 6.45) is -5.39. The number of pyridine rings is 1. The van der Waals surface area contributed by atoms with Gasteiger partial charge in [0.05, 0.1) is 12.1 Å². The van der Waals surface area contributed by atoms with E-state index in [2.05, 4.69) is 9.72 Å². The molecule has 0 aromatic carbocycles. The Bertz CT molecular complexity index is 462. The van der Waals surface area contributed by atoms with Crippen LogP contribution in [0.15, 0.2) is 6.07 Å². The molecular weight excluding hydrogens is 255 g/mol. The van der Waals surface area contributed by atoms with E-state index in [9.17, 15) is 18.0 Å². The summed E-state index contributed by atoms with van der Waals surface area (Å²) in [4.78, 5) is 14.0. The fourth-order valence-electron chi connectivity index (χ4n) is 1.30. The van der Waals surface area contributed by atoms with E-state index >= 15 is 0 Å². The maximum atomic E-state index is 12.1. The van der Waals surface area contributed by atoms with Crippen LogP contribution >= 0.6 is 0 Å². The molecule has 100 valence electrons. The Hall–Kier alpha value is -2.03. The predicted molar refractivity (Wildman–Crippen MR) is 54.6 cm³/mol. The first-order chi connectivity index (χ1) is 8.23. The largest absolute Gasteiger partial charge is 0.573 e. The number of alkyl halides is 3. The van der Waals surface area contributed by atoms with E-state index in [0.29, 0.717) is 0 Å². The molecule has 1 aromatic heterocycles. The van der Waals surface area contributed by atoms with Gasteiger partial charge < -0.3 is 21.3 Å². The molecule has 0 amide bonds. The van der Waals surface area contributed by atoms with Crippen molar-refractivity contribution >= 4 is 11.8 Å². The standard InChI is InChI=1S/C9H10F3N3O3/c10-9(11,12)18-7-4(3-13)1-5(2-6(16)17)15-8(7)14/h1H,2-3,13H2,(H2,14,15)(H,16,17). The Morgan fingerprint density at radius 1 is 1.50 bits per heavy atom. The Labute approximate surface area is 99.4 Å². The van der Waals surface area contributed by atoms with Crippen LogP contribution in [0.5, 0.6) is 5.75 Å². The molecule has 6 nitrogen and oxygen atoms in total. The van der Waals surface area contributed by atoms with Crippen LogP contribution in [-0.2, 0) is 17.8 Å². The van der Waals surface area contributed by atoms with Gasteiger partial charge >= 0.3 is 12.3 Å². The van der Waals surface area contributed by atoms with Gasteiger partial charge in [-0.15, -0.1) is 13.2 Å². The fraction of sp³-hybridized carbons (Fsp3) is 0.333. The minimum atomic E-state index is -4.92. The third-order valence-electron chi connectivity index (χ3n) is 1.90. The molecule has 0 saturated carbocycles. The minimum absolute atomic E-state index is 0.00924. The van der Waals surface area contributed by atoms with E-state index in [1.807, 2.05) is 0 Å². The third-order valence-corrected chi connectivity index (χ3v) is 1.90. The van der Waals surface area contributed by atoms with Crippen molar-refractivity contribution in [2.24, 2.45) is 5.73 Å². The van der Waals surface area contributed by atoms with Gasteiger partial charge in [-0.3, -0.25) is 4.79 Å². The lowest BCUT2D eigenvalue weighted by molar-refractivity contribution is -0.274. The van der Waals surface area contributed by atoms with Crippen molar-refractivity contribution in [1.82, 2.24) is 4.98 Å². The molecule has 0 bridgehead atoms. The van der Waals surface area contributed by atoms with Crippen LogP contribution in [0.4, 0.5) is 19.0 Å². The molecule has 1 heterocycles. The summed E-state index contributed by atoms with van der Waals surface area (Å²) in [6.45, 7) is -0.287. The molecule has 0 unspecified atom stereocenters. The Kier molecular flexibility index (Phi) is 3.96. The number of aromatic nitrogens is 1. The average molecular weight is 265 g/mol. The molecule has 0 atom stereocenters. The number of nitrogen functional groups attached to an aromatic ring is 1. The topological polar surface area (TPSA) is 111 Å². The van der Waals surface area contributed by atoms with Gasteiger partial charge in [0.2, 0.25) is 0 Å². The van der Waals surface area contributed by atoms with Crippen molar-refractivity contribution in [3.05, 3.63) is 17.3 Å². The van der Waals surface area contributed by atoms with Crippen LogP contribution in [0, 0.1) is 0 Å². The zero-order chi connectivity index (χ0) is 13.9. The number of carbonyl (C=O) groups is 1. The summed E-state index contributed by atoms with van der Waals surface area (Å²) in [5, 5.41) is 8.55. The first kappa shape index (κ1) is 14.0. The van der Waals surface area contributed by atoms with Gasteiger partial charge in [0.1, 0.15) is 0 Å². The number of nitrogens with two attached hydrogens (primary N) is 2. The van der Waals surface area contributed by atoms with E-state index < -0.39 is 30.3 Å². The van der Waals surface area contributed by atoms with Gasteiger partial charge in [-0.1, -0.05) is 0 Å². The number of carboxylic acids is 1. The SMILES string of the molecule is NCc1cc(CC(=O)O)nc(N)c1OC(F)(F)F. The van der Waals surface area contributed by atoms with Crippen molar-refractivity contribution < 1.29 is 27.8 Å². The monoisotopic (exact) mass is 265 g/mol. The molecule has 0 aliphatic heterocycles. The summed E-state index contributed by atoms with van der Waals surface area (Å²) < 4.78 is 40.0. The highest BCUT2D eigenvalue weighted by Gasteiger charge is 2.33. The van der Waals surface area contributed by atoms with Crippen LogP contribution in [0.1, 0.15) is 11.3 Å². The summed E-state index contributed by atoms with van der Waals surface area (Å²) in [7, 11) is 0. The molecule has 1 rings (SSSR count). The van der Waals surface area contributed by atoms with Crippen LogP contribution < -0.4 is 16.2 Å². The predicted octanol–water partition coefficient (Wildman–Crippen LogP) is 0.648. The van der Waals surface area contributed by atoms with E-state index in [1.54, 1.807) is 0 Å². The molecule has 1 aromatic rings. The van der Waals surface area contributed by atoms with Crippen LogP contribution in [0.3, 0.4) is 0 Å². The molecule has 0 aliphatic rings. The minimum Gasteiger partial charge on any atom is -0.481 e. The normalized spacial score (nSPS) is 11.3. The number of hydrogen-bond donors (Lipinski definition) is 3. The number of carboxylic acid groups (broad SMARTS) is 1. The lowest BCUT2D eigenvalue weighted by Gasteiger charge is -2.14. The lowest BCUT2D eigenvalue weighted by Crippen LogP contribution is -2.21. The van der Waals surface area contributed by atoms with Crippen molar-refractivity contribution in [3.63, 3.8) is 0 Å². The van der Waals surface area contributed by atoms with Gasteiger partial charge in [0.25, 0.3) is 0 Å². The molecule has 0 saturated heterocycles. The smallest absolute Gasteiger partial charge is 0.481 e. The van der Waals surface area contributed by atoms with E-state index in [-0.39, 0.29) is 17.8 Å². The van der Waals surface area contributed by atoms with Crippen LogP contribution in [0.25, 0.3) is 0 Å². The van der Waals surface area contributed by atoms with Crippen molar-refractivity contribution in [3.8, 4) is 5.75 Å². The Morgan fingerprint density at radius 2 is 2.11 bits per heavy atom. The van der Waals surface area contributed by atoms with Gasteiger partial charge in [0.15, 0.2) is 11.6 Å².